The van der Waals surface area contributed by atoms with E-state index >= 15 is 0 Å². The minimum Gasteiger partial charge on any atom is -0.393 e. The lowest BCUT2D eigenvalue weighted by Gasteiger charge is -2.35. The first-order chi connectivity index (χ1) is 9.40. The molecule has 0 fully saturated rings. The number of halogens is 3. The Hall–Kier alpha value is -1.07. The second-order valence-corrected chi connectivity index (χ2v) is 10.8. The van der Waals surface area contributed by atoms with Crippen LogP contribution in [0.15, 0.2) is 42.0 Å². The maximum Gasteiger partial charge on any atom is 0.424 e. The van der Waals surface area contributed by atoms with Crippen LogP contribution in [-0.2, 0) is 4.43 Å². The number of hydrogen-bond acceptors (Lipinski definition) is 1. The molecule has 0 saturated carbocycles. The number of rotatable bonds is 3. The van der Waals surface area contributed by atoms with Crippen LogP contribution in [0.5, 0.6) is 0 Å². The van der Waals surface area contributed by atoms with Crippen molar-refractivity contribution in [2.24, 2.45) is 5.41 Å². The Morgan fingerprint density at radius 2 is 1.52 bits per heavy atom. The first kappa shape index (κ1) is 16.3. The molecule has 0 saturated heterocycles. The van der Waals surface area contributed by atoms with E-state index in [0.29, 0.717) is 5.57 Å². The van der Waals surface area contributed by atoms with Crippen LogP contribution in [0.25, 0.3) is 0 Å². The fourth-order valence-corrected chi connectivity index (χ4v) is 4.82. The standard InChI is InChI=1S/C16H21F3OSi/c1-14(2,3)13-11-15(13,16(17,18)19)20-21(4,5)12-9-7-6-8-10-12/h6-11H,1-5H3. The quantitative estimate of drug-likeness (QED) is 0.593. The van der Waals surface area contributed by atoms with E-state index in [1.54, 1.807) is 20.8 Å². The fraction of sp³-hybridized carbons (Fsp3) is 0.500. The van der Waals surface area contributed by atoms with Crippen LogP contribution in [0, 0.1) is 5.41 Å². The van der Waals surface area contributed by atoms with Crippen molar-refractivity contribution < 1.29 is 17.6 Å². The van der Waals surface area contributed by atoms with Gasteiger partial charge >= 0.3 is 6.18 Å². The van der Waals surface area contributed by atoms with Crippen molar-refractivity contribution in [2.45, 2.75) is 45.6 Å². The lowest BCUT2D eigenvalue weighted by Crippen LogP contribution is -2.54. The van der Waals surface area contributed by atoms with Crippen molar-refractivity contribution in [1.82, 2.24) is 0 Å². The molecule has 1 aliphatic carbocycles. The number of benzene rings is 1. The highest BCUT2D eigenvalue weighted by Gasteiger charge is 2.69. The summed E-state index contributed by atoms with van der Waals surface area (Å²) in [5, 5.41) is 0.863. The third kappa shape index (κ3) is 2.94. The highest BCUT2D eigenvalue weighted by molar-refractivity contribution is 6.84. The summed E-state index contributed by atoms with van der Waals surface area (Å²) < 4.78 is 46.4. The van der Waals surface area contributed by atoms with Gasteiger partial charge in [-0.25, -0.2) is 0 Å². The summed E-state index contributed by atoms with van der Waals surface area (Å²) in [5.74, 6) is 0. The number of alkyl halides is 3. The van der Waals surface area contributed by atoms with E-state index in [-0.39, 0.29) is 0 Å². The Bertz CT molecular complexity index is 555. The smallest absolute Gasteiger partial charge is 0.393 e. The van der Waals surface area contributed by atoms with Gasteiger partial charge in [0.1, 0.15) is 0 Å². The van der Waals surface area contributed by atoms with Gasteiger partial charge in [-0.1, -0.05) is 51.1 Å². The summed E-state index contributed by atoms with van der Waals surface area (Å²) in [6, 6.07) is 9.20. The lowest BCUT2D eigenvalue weighted by atomic mass is 9.89. The predicted molar refractivity (Wildman–Crippen MR) is 81.0 cm³/mol. The molecule has 21 heavy (non-hydrogen) atoms. The summed E-state index contributed by atoms with van der Waals surface area (Å²) in [7, 11) is -2.65. The van der Waals surface area contributed by atoms with Crippen LogP contribution in [0.1, 0.15) is 20.8 Å². The molecule has 1 aromatic rings. The maximum absolute atomic E-state index is 13.6. The first-order valence-corrected chi connectivity index (χ1v) is 9.87. The molecule has 1 nitrogen and oxygen atoms in total. The summed E-state index contributed by atoms with van der Waals surface area (Å²) >= 11 is 0. The van der Waals surface area contributed by atoms with Gasteiger partial charge in [-0.05, 0) is 35.3 Å². The molecule has 0 radical (unpaired) electrons. The predicted octanol–water partition coefficient (Wildman–Crippen LogP) is 4.40. The molecule has 116 valence electrons. The van der Waals surface area contributed by atoms with Crippen molar-refractivity contribution >= 4 is 13.5 Å². The van der Waals surface area contributed by atoms with Crippen LogP contribution < -0.4 is 5.19 Å². The Morgan fingerprint density at radius 3 is 1.90 bits per heavy atom. The first-order valence-electron chi connectivity index (χ1n) is 6.96. The molecule has 0 spiro atoms. The Balaban J connectivity index is 2.31. The molecule has 1 aromatic carbocycles. The van der Waals surface area contributed by atoms with Crippen molar-refractivity contribution in [3.63, 3.8) is 0 Å². The highest BCUT2D eigenvalue weighted by atomic mass is 28.4. The zero-order chi connectivity index (χ0) is 16.1. The van der Waals surface area contributed by atoms with E-state index in [2.05, 4.69) is 0 Å². The van der Waals surface area contributed by atoms with Gasteiger partial charge in [0.25, 0.3) is 0 Å². The minimum atomic E-state index is -4.41. The average molecular weight is 314 g/mol. The van der Waals surface area contributed by atoms with Gasteiger partial charge in [-0.3, -0.25) is 0 Å². The van der Waals surface area contributed by atoms with E-state index in [4.69, 9.17) is 4.43 Å². The van der Waals surface area contributed by atoms with Crippen molar-refractivity contribution in [3.8, 4) is 0 Å². The van der Waals surface area contributed by atoms with E-state index in [0.717, 1.165) is 5.19 Å². The van der Waals surface area contributed by atoms with Gasteiger partial charge in [0.05, 0.1) is 0 Å². The molecule has 2 rings (SSSR count). The van der Waals surface area contributed by atoms with Crippen LogP contribution in [-0.4, -0.2) is 20.1 Å². The zero-order valence-electron chi connectivity index (χ0n) is 13.0. The molecule has 1 aliphatic rings. The molecule has 5 heteroatoms. The van der Waals surface area contributed by atoms with E-state index in [1.165, 1.54) is 6.08 Å². The molecule has 1 unspecified atom stereocenters. The summed E-state index contributed by atoms with van der Waals surface area (Å²) in [4.78, 5) is 0. The SMILES string of the molecule is CC(C)(C)C1=CC1(O[Si](C)(C)c1ccccc1)C(F)(F)F. The van der Waals surface area contributed by atoms with Gasteiger partial charge in [0, 0.05) is 0 Å². The average Bonchev–Trinajstić information content (AvgIpc) is 3.05. The second kappa shape index (κ2) is 4.71. The van der Waals surface area contributed by atoms with Crippen molar-refractivity contribution in [2.75, 3.05) is 0 Å². The van der Waals surface area contributed by atoms with Crippen LogP contribution in [0.2, 0.25) is 13.1 Å². The third-order valence-electron chi connectivity index (χ3n) is 3.78. The van der Waals surface area contributed by atoms with Gasteiger partial charge in [0.15, 0.2) is 5.60 Å². The highest BCUT2D eigenvalue weighted by Crippen LogP contribution is 2.58. The molecule has 0 heterocycles. The minimum absolute atomic E-state index is 0.332. The van der Waals surface area contributed by atoms with Crippen LogP contribution in [0.3, 0.4) is 0 Å². The maximum atomic E-state index is 13.6. The normalized spacial score (nSPS) is 23.0. The Morgan fingerprint density at radius 1 is 1.00 bits per heavy atom. The topological polar surface area (TPSA) is 9.23 Å². The molecule has 0 amide bonds. The lowest BCUT2D eigenvalue weighted by molar-refractivity contribution is -0.205. The van der Waals surface area contributed by atoms with Crippen LogP contribution in [0.4, 0.5) is 13.2 Å². The van der Waals surface area contributed by atoms with Crippen LogP contribution >= 0.6 is 0 Å². The van der Waals surface area contributed by atoms with Gasteiger partial charge < -0.3 is 4.43 Å². The summed E-state index contributed by atoms with van der Waals surface area (Å²) in [5.41, 5.74) is -2.38. The molecule has 0 aliphatic heterocycles. The molecule has 0 aromatic heterocycles. The number of hydrogen-bond donors (Lipinski definition) is 0. The van der Waals surface area contributed by atoms with E-state index in [9.17, 15) is 13.2 Å². The summed E-state index contributed by atoms with van der Waals surface area (Å²) in [6.07, 6.45) is -3.17. The molecule has 0 N–H and O–H groups in total. The largest absolute Gasteiger partial charge is 0.424 e. The van der Waals surface area contributed by atoms with Gasteiger partial charge in [0.2, 0.25) is 8.32 Å². The monoisotopic (exact) mass is 314 g/mol. The zero-order valence-corrected chi connectivity index (χ0v) is 14.0. The van der Waals surface area contributed by atoms with Gasteiger partial charge in [-0.15, -0.1) is 0 Å². The Kier molecular flexibility index (Phi) is 3.66. The van der Waals surface area contributed by atoms with Gasteiger partial charge in [-0.2, -0.15) is 13.2 Å². The van der Waals surface area contributed by atoms with Crippen molar-refractivity contribution in [3.05, 3.63) is 42.0 Å². The molecular weight excluding hydrogens is 293 g/mol. The van der Waals surface area contributed by atoms with E-state index < -0.39 is 25.5 Å². The third-order valence-corrected chi connectivity index (χ3v) is 6.33. The van der Waals surface area contributed by atoms with Crippen molar-refractivity contribution in [1.29, 1.82) is 0 Å². The summed E-state index contributed by atoms with van der Waals surface area (Å²) in [6.45, 7) is 8.97. The second-order valence-electron chi connectivity index (χ2n) is 7.02. The molecular formula is C16H21F3OSi. The molecule has 1 atom stereocenters. The Labute approximate surface area is 124 Å². The fourth-order valence-electron chi connectivity index (χ4n) is 2.62. The van der Waals surface area contributed by atoms with E-state index in [1.807, 2.05) is 43.4 Å². The molecule has 0 bridgehead atoms.